The predicted octanol–water partition coefficient (Wildman–Crippen LogP) is 4.72. The van der Waals surface area contributed by atoms with Gasteiger partial charge in [0.15, 0.2) is 0 Å². The molecular weight excluding hydrogens is 405 g/mol. The van der Waals surface area contributed by atoms with Gasteiger partial charge in [-0.05, 0) is 48.9 Å². The van der Waals surface area contributed by atoms with Crippen LogP contribution in [0, 0.1) is 0 Å². The molecule has 1 aromatic heterocycles. The van der Waals surface area contributed by atoms with Crippen molar-refractivity contribution in [1.82, 2.24) is 19.6 Å². The highest BCUT2D eigenvalue weighted by molar-refractivity contribution is 5.98. The first-order valence-corrected chi connectivity index (χ1v) is 10.7. The lowest BCUT2D eigenvalue weighted by atomic mass is 9.95. The van der Waals surface area contributed by atoms with E-state index in [1.165, 1.54) is 6.07 Å². The molecule has 31 heavy (non-hydrogen) atoms. The van der Waals surface area contributed by atoms with E-state index in [0.29, 0.717) is 17.9 Å². The second kappa shape index (κ2) is 7.14. The lowest BCUT2D eigenvalue weighted by Gasteiger charge is -2.30. The van der Waals surface area contributed by atoms with Gasteiger partial charge in [-0.15, -0.1) is 0 Å². The quantitative estimate of drug-likeness (QED) is 0.690. The SMILES string of the molecule is C=C(Cn1nc(C2CC2)cc1C(F)(F)F)N1CCCC1c1cccc2c1CN(C)C2=O. The molecule has 2 fully saturated rings. The third kappa shape index (κ3) is 3.51. The zero-order valence-corrected chi connectivity index (χ0v) is 17.5. The molecular formula is C23H25F3N4O. The van der Waals surface area contributed by atoms with E-state index >= 15 is 0 Å². The maximum Gasteiger partial charge on any atom is 0.433 e. The van der Waals surface area contributed by atoms with Crippen LogP contribution in [0.15, 0.2) is 36.5 Å². The van der Waals surface area contributed by atoms with E-state index in [1.807, 2.05) is 18.2 Å². The number of nitrogens with zero attached hydrogens (tertiary/aromatic N) is 4. The molecule has 5 nitrogen and oxygen atoms in total. The standard InChI is InChI=1S/C23H25F3N4O/c1-14(12-30-21(23(24,25)26)11-19(27-30)15-8-9-15)29-10-4-7-20(29)16-5-3-6-17-18(16)13-28(2)22(17)31/h3,5-6,11,15,20H,1,4,7-10,12-13H2,2H3. The third-order valence-electron chi connectivity index (χ3n) is 6.62. The monoisotopic (exact) mass is 430 g/mol. The number of aromatic nitrogens is 2. The highest BCUT2D eigenvalue weighted by atomic mass is 19.4. The van der Waals surface area contributed by atoms with Crippen molar-refractivity contribution < 1.29 is 18.0 Å². The normalized spacial score (nSPS) is 21.2. The van der Waals surface area contributed by atoms with Crippen molar-refractivity contribution in [3.63, 3.8) is 0 Å². The molecule has 0 spiro atoms. The molecule has 2 aliphatic heterocycles. The summed E-state index contributed by atoms with van der Waals surface area (Å²) in [5.74, 6) is 0.163. The van der Waals surface area contributed by atoms with Gasteiger partial charge in [0.25, 0.3) is 5.91 Å². The molecule has 2 aromatic rings. The van der Waals surface area contributed by atoms with Crippen LogP contribution in [0.2, 0.25) is 0 Å². The molecule has 1 unspecified atom stereocenters. The minimum Gasteiger partial charge on any atom is -0.367 e. The Hall–Kier alpha value is -2.77. The Morgan fingerprint density at radius 1 is 1.26 bits per heavy atom. The summed E-state index contributed by atoms with van der Waals surface area (Å²) in [7, 11) is 1.78. The van der Waals surface area contributed by atoms with E-state index in [2.05, 4.69) is 16.6 Å². The maximum atomic E-state index is 13.6. The molecule has 1 amide bonds. The highest BCUT2D eigenvalue weighted by Gasteiger charge is 2.39. The minimum absolute atomic E-state index is 0.00587. The van der Waals surface area contributed by atoms with Gasteiger partial charge < -0.3 is 9.80 Å². The number of hydrogen-bond acceptors (Lipinski definition) is 3. The number of fused-ring (bicyclic) bond motifs is 1. The van der Waals surface area contributed by atoms with Crippen LogP contribution in [0.1, 0.15) is 70.5 Å². The number of likely N-dealkylation sites (tertiary alicyclic amines) is 1. The van der Waals surface area contributed by atoms with Crippen molar-refractivity contribution in [2.75, 3.05) is 13.6 Å². The first-order chi connectivity index (χ1) is 14.7. The summed E-state index contributed by atoms with van der Waals surface area (Å²) in [5, 5.41) is 4.28. The number of carbonyl (C=O) groups is 1. The van der Waals surface area contributed by atoms with Gasteiger partial charge in [0.05, 0.1) is 18.3 Å². The van der Waals surface area contributed by atoms with Gasteiger partial charge in [-0.2, -0.15) is 18.3 Å². The van der Waals surface area contributed by atoms with Crippen LogP contribution in [-0.4, -0.2) is 39.1 Å². The molecule has 0 N–H and O–H groups in total. The highest BCUT2D eigenvalue weighted by Crippen LogP contribution is 2.43. The number of allylic oxidation sites excluding steroid dienone is 1. The third-order valence-corrected chi connectivity index (χ3v) is 6.62. The van der Waals surface area contributed by atoms with E-state index in [9.17, 15) is 18.0 Å². The average Bonchev–Trinajstić information content (AvgIpc) is 3.16. The Morgan fingerprint density at radius 2 is 2.03 bits per heavy atom. The first kappa shape index (κ1) is 20.2. The summed E-state index contributed by atoms with van der Waals surface area (Å²) in [6, 6.07) is 6.97. The summed E-state index contributed by atoms with van der Waals surface area (Å²) in [5.41, 5.74) is 3.25. The molecule has 1 saturated heterocycles. The number of benzene rings is 1. The summed E-state index contributed by atoms with van der Waals surface area (Å²) < 4.78 is 41.9. The van der Waals surface area contributed by atoms with Crippen molar-refractivity contribution in [3.05, 3.63) is 64.6 Å². The zero-order chi connectivity index (χ0) is 21.9. The van der Waals surface area contributed by atoms with Gasteiger partial charge in [0.2, 0.25) is 0 Å². The zero-order valence-electron chi connectivity index (χ0n) is 17.5. The molecule has 1 aliphatic carbocycles. The van der Waals surface area contributed by atoms with Gasteiger partial charge in [-0.25, -0.2) is 0 Å². The van der Waals surface area contributed by atoms with Crippen molar-refractivity contribution >= 4 is 5.91 Å². The fourth-order valence-electron chi connectivity index (χ4n) is 4.90. The first-order valence-electron chi connectivity index (χ1n) is 10.7. The Bertz CT molecular complexity index is 1050. The summed E-state index contributed by atoms with van der Waals surface area (Å²) in [6.45, 7) is 5.44. The molecule has 0 bridgehead atoms. The van der Waals surface area contributed by atoms with Crippen LogP contribution in [0.4, 0.5) is 13.2 Å². The van der Waals surface area contributed by atoms with Gasteiger partial charge in [0, 0.05) is 37.3 Å². The fourth-order valence-corrected chi connectivity index (χ4v) is 4.90. The molecule has 0 radical (unpaired) electrons. The van der Waals surface area contributed by atoms with E-state index in [4.69, 9.17) is 0 Å². The second-order valence-electron chi connectivity index (χ2n) is 8.84. The number of alkyl halides is 3. The van der Waals surface area contributed by atoms with Crippen LogP contribution in [-0.2, 0) is 19.3 Å². The Morgan fingerprint density at radius 3 is 2.74 bits per heavy atom. The summed E-state index contributed by atoms with van der Waals surface area (Å²) in [6.07, 6.45) is -0.844. The van der Waals surface area contributed by atoms with Crippen LogP contribution in [0.3, 0.4) is 0 Å². The number of rotatable bonds is 5. The second-order valence-corrected chi connectivity index (χ2v) is 8.84. The van der Waals surface area contributed by atoms with Gasteiger partial charge in [0.1, 0.15) is 5.69 Å². The molecule has 8 heteroatoms. The molecule has 164 valence electrons. The van der Waals surface area contributed by atoms with E-state index in [-0.39, 0.29) is 24.4 Å². The summed E-state index contributed by atoms with van der Waals surface area (Å²) >= 11 is 0. The Labute approximate surface area is 179 Å². The Balaban J connectivity index is 1.42. The molecule has 1 aromatic carbocycles. The molecule has 3 aliphatic rings. The van der Waals surface area contributed by atoms with Crippen molar-refractivity contribution in [3.8, 4) is 0 Å². The maximum absolute atomic E-state index is 13.6. The van der Waals surface area contributed by atoms with Crippen molar-refractivity contribution in [2.45, 2.75) is 56.9 Å². The molecule has 5 rings (SSSR count). The van der Waals surface area contributed by atoms with E-state index < -0.39 is 11.9 Å². The number of amides is 1. The smallest absolute Gasteiger partial charge is 0.367 e. The number of carbonyl (C=O) groups excluding carboxylic acids is 1. The van der Waals surface area contributed by atoms with E-state index in [0.717, 1.165) is 53.6 Å². The van der Waals surface area contributed by atoms with Crippen LogP contribution in [0.25, 0.3) is 0 Å². The largest absolute Gasteiger partial charge is 0.433 e. The average molecular weight is 430 g/mol. The van der Waals surface area contributed by atoms with Gasteiger partial charge >= 0.3 is 6.18 Å². The Kier molecular flexibility index (Phi) is 4.64. The summed E-state index contributed by atoms with van der Waals surface area (Å²) in [4.78, 5) is 16.2. The van der Waals surface area contributed by atoms with Crippen LogP contribution in [0.5, 0.6) is 0 Å². The predicted molar refractivity (Wildman–Crippen MR) is 109 cm³/mol. The molecule has 1 atom stereocenters. The van der Waals surface area contributed by atoms with Gasteiger partial charge in [-0.1, -0.05) is 18.7 Å². The minimum atomic E-state index is -4.45. The van der Waals surface area contributed by atoms with E-state index in [1.54, 1.807) is 11.9 Å². The topological polar surface area (TPSA) is 41.4 Å². The lowest BCUT2D eigenvalue weighted by Crippen LogP contribution is -2.27. The fraction of sp³-hybridized carbons (Fsp3) is 0.478. The lowest BCUT2D eigenvalue weighted by molar-refractivity contribution is -0.144. The van der Waals surface area contributed by atoms with Crippen LogP contribution >= 0.6 is 0 Å². The van der Waals surface area contributed by atoms with Crippen molar-refractivity contribution in [1.29, 1.82) is 0 Å². The number of halogens is 3. The number of hydrogen-bond donors (Lipinski definition) is 0. The van der Waals surface area contributed by atoms with Crippen LogP contribution < -0.4 is 0 Å². The molecule has 1 saturated carbocycles. The molecule has 3 heterocycles. The van der Waals surface area contributed by atoms with Gasteiger partial charge in [-0.3, -0.25) is 9.48 Å². The van der Waals surface area contributed by atoms with Crippen molar-refractivity contribution in [2.24, 2.45) is 0 Å².